The van der Waals surface area contributed by atoms with E-state index >= 15 is 0 Å². The van der Waals surface area contributed by atoms with Crippen LogP contribution in [0.1, 0.15) is 29.1 Å². The molecular weight excluding hydrogens is 555 g/mol. The molecule has 5 rings (SSSR count). The van der Waals surface area contributed by atoms with Crippen molar-refractivity contribution in [1.29, 1.82) is 0 Å². The molecular formula is C29H26ClN2O5PS. The summed E-state index contributed by atoms with van der Waals surface area (Å²) in [5.41, 5.74) is 4.21. The number of thiophene rings is 1. The Labute approximate surface area is 235 Å². The molecule has 1 unspecified atom stereocenters. The van der Waals surface area contributed by atoms with Gasteiger partial charge in [-0.3, -0.25) is 14.2 Å². The van der Waals surface area contributed by atoms with E-state index in [1.807, 2.05) is 63.2 Å². The summed E-state index contributed by atoms with van der Waals surface area (Å²) in [5.74, 6) is -0.410. The smallest absolute Gasteiger partial charge is 0.348 e. The van der Waals surface area contributed by atoms with E-state index in [4.69, 9.17) is 20.5 Å². The van der Waals surface area contributed by atoms with E-state index in [2.05, 4.69) is 4.98 Å². The number of anilines is 1. The minimum atomic E-state index is -3.71. The summed E-state index contributed by atoms with van der Waals surface area (Å²) in [6.07, 6.45) is 1.72. The second kappa shape index (κ2) is 10.6. The van der Waals surface area contributed by atoms with Crippen LogP contribution in [0, 0.1) is 6.92 Å². The second-order valence-electron chi connectivity index (χ2n) is 9.28. The minimum Gasteiger partial charge on any atom is -0.477 e. The Balaban J connectivity index is 1.57. The predicted molar refractivity (Wildman–Crippen MR) is 158 cm³/mol. The Morgan fingerprint density at radius 2 is 1.82 bits per heavy atom. The van der Waals surface area contributed by atoms with Gasteiger partial charge in [-0.2, -0.15) is 0 Å². The van der Waals surface area contributed by atoms with Crippen LogP contribution in [-0.2, 0) is 9.09 Å². The standard InChI is InChI=1S/C29H26ClN2O5PS/c1-17(2)32(38(35,36-4)26-12-11-21(30)14-18(26)3)23-16-27(39-28(23)29(33)34)20-9-7-19(8-10-20)25-15-22-24(37-25)6-5-13-31-22/h5-17H,1-4H3,(H,33,34). The number of hydrogen-bond acceptors (Lipinski definition) is 6. The maximum atomic E-state index is 14.5. The Kier molecular flexibility index (Phi) is 7.40. The molecule has 5 aromatic rings. The van der Waals surface area contributed by atoms with Crippen LogP contribution in [0.4, 0.5) is 5.69 Å². The highest BCUT2D eigenvalue weighted by atomic mass is 35.5. The number of halogens is 1. The molecule has 1 atom stereocenters. The molecule has 0 fully saturated rings. The van der Waals surface area contributed by atoms with Gasteiger partial charge in [-0.25, -0.2) is 4.79 Å². The van der Waals surface area contributed by atoms with Crippen molar-refractivity contribution >= 4 is 58.5 Å². The third-order valence-corrected chi connectivity index (χ3v) is 10.6. The van der Waals surface area contributed by atoms with E-state index in [0.717, 1.165) is 32.9 Å². The molecule has 7 nitrogen and oxygen atoms in total. The quantitative estimate of drug-likeness (QED) is 0.185. The van der Waals surface area contributed by atoms with Gasteiger partial charge in [0.25, 0.3) is 0 Å². The number of carbonyl (C=O) groups is 1. The number of nitrogens with zero attached hydrogens (tertiary/aromatic N) is 2. The lowest BCUT2D eigenvalue weighted by Crippen LogP contribution is -2.34. The van der Waals surface area contributed by atoms with Crippen LogP contribution in [0.15, 0.2) is 77.3 Å². The summed E-state index contributed by atoms with van der Waals surface area (Å²) in [6, 6.07) is 19.7. The predicted octanol–water partition coefficient (Wildman–Crippen LogP) is 8.26. The number of aromatic carboxylic acids is 1. The van der Waals surface area contributed by atoms with Crippen LogP contribution < -0.4 is 9.97 Å². The number of fused-ring (bicyclic) bond motifs is 1. The van der Waals surface area contributed by atoms with Crippen LogP contribution in [0.2, 0.25) is 5.02 Å². The van der Waals surface area contributed by atoms with Gasteiger partial charge in [0, 0.05) is 40.9 Å². The number of furan rings is 1. The van der Waals surface area contributed by atoms with E-state index in [1.165, 1.54) is 7.11 Å². The average Bonchev–Trinajstić information content (AvgIpc) is 3.53. The zero-order chi connectivity index (χ0) is 27.9. The molecule has 0 bridgehead atoms. The molecule has 0 saturated carbocycles. The first-order valence-corrected chi connectivity index (χ1v) is 14.9. The van der Waals surface area contributed by atoms with Crippen LogP contribution in [0.5, 0.6) is 0 Å². The Bertz CT molecular complexity index is 1690. The van der Waals surface area contributed by atoms with Crippen molar-refractivity contribution < 1.29 is 23.4 Å². The molecule has 0 radical (unpaired) electrons. The minimum absolute atomic E-state index is 0.0787. The molecule has 0 amide bonds. The highest BCUT2D eigenvalue weighted by Crippen LogP contribution is 2.56. The number of aryl methyl sites for hydroxylation is 1. The van der Waals surface area contributed by atoms with Gasteiger partial charge in [-0.05, 0) is 68.3 Å². The first kappa shape index (κ1) is 27.2. The molecule has 1 N–H and O–H groups in total. The highest BCUT2D eigenvalue weighted by molar-refractivity contribution is 7.68. The van der Waals surface area contributed by atoms with Crippen molar-refractivity contribution in [3.05, 3.63) is 88.4 Å². The number of carboxylic acid groups (broad SMARTS) is 1. The summed E-state index contributed by atoms with van der Waals surface area (Å²) in [7, 11) is -2.33. The van der Waals surface area contributed by atoms with E-state index in [1.54, 1.807) is 35.1 Å². The summed E-state index contributed by atoms with van der Waals surface area (Å²) < 4.78 is 27.7. The fraction of sp³-hybridized carbons (Fsp3) is 0.172. The number of pyridine rings is 1. The number of carboxylic acids is 1. The molecule has 3 aromatic heterocycles. The van der Waals surface area contributed by atoms with Crippen molar-refractivity contribution in [3.63, 3.8) is 0 Å². The molecule has 0 aliphatic carbocycles. The van der Waals surface area contributed by atoms with Crippen LogP contribution in [0.25, 0.3) is 32.9 Å². The van der Waals surface area contributed by atoms with Crippen molar-refractivity contribution in [1.82, 2.24) is 4.98 Å². The lowest BCUT2D eigenvalue weighted by Gasteiger charge is -2.35. The monoisotopic (exact) mass is 580 g/mol. The largest absolute Gasteiger partial charge is 0.477 e. The van der Waals surface area contributed by atoms with Crippen LogP contribution >= 0.6 is 30.5 Å². The van der Waals surface area contributed by atoms with E-state index < -0.39 is 13.5 Å². The molecule has 10 heteroatoms. The fourth-order valence-electron chi connectivity index (χ4n) is 4.62. The van der Waals surface area contributed by atoms with Gasteiger partial charge in [-0.1, -0.05) is 35.9 Å². The molecule has 39 heavy (non-hydrogen) atoms. The van der Waals surface area contributed by atoms with Gasteiger partial charge in [0.15, 0.2) is 5.58 Å². The van der Waals surface area contributed by atoms with Gasteiger partial charge in [0.05, 0.1) is 11.0 Å². The lowest BCUT2D eigenvalue weighted by molar-refractivity contribution is 0.0703. The maximum Gasteiger partial charge on any atom is 0.348 e. The molecule has 200 valence electrons. The van der Waals surface area contributed by atoms with Crippen molar-refractivity contribution in [3.8, 4) is 21.8 Å². The van der Waals surface area contributed by atoms with Crippen molar-refractivity contribution in [2.45, 2.75) is 26.8 Å². The lowest BCUT2D eigenvalue weighted by atomic mass is 10.1. The van der Waals surface area contributed by atoms with Crippen molar-refractivity contribution in [2.24, 2.45) is 0 Å². The van der Waals surface area contributed by atoms with E-state index in [9.17, 15) is 14.5 Å². The first-order chi connectivity index (χ1) is 18.6. The highest BCUT2D eigenvalue weighted by Gasteiger charge is 2.39. The summed E-state index contributed by atoms with van der Waals surface area (Å²) in [6.45, 7) is 5.52. The molecule has 0 spiro atoms. The van der Waals surface area contributed by atoms with Gasteiger partial charge in [0.2, 0.25) is 0 Å². The van der Waals surface area contributed by atoms with Crippen molar-refractivity contribution in [2.75, 3.05) is 11.8 Å². The number of benzene rings is 2. The second-order valence-corrected chi connectivity index (χ2v) is 13.1. The Morgan fingerprint density at radius 3 is 2.44 bits per heavy atom. The number of rotatable bonds is 8. The zero-order valence-electron chi connectivity index (χ0n) is 21.7. The van der Waals surface area contributed by atoms with Gasteiger partial charge >= 0.3 is 13.5 Å². The first-order valence-electron chi connectivity index (χ1n) is 12.2. The third kappa shape index (κ3) is 5.01. The topological polar surface area (TPSA) is 92.9 Å². The molecule has 0 aliphatic rings. The number of aromatic nitrogens is 1. The van der Waals surface area contributed by atoms with E-state index in [0.29, 0.717) is 32.9 Å². The average molecular weight is 581 g/mol. The number of hydrogen-bond donors (Lipinski definition) is 1. The third-order valence-electron chi connectivity index (χ3n) is 6.38. The molecule has 3 heterocycles. The Hall–Kier alpha value is -3.42. The molecule has 0 saturated heterocycles. The molecule has 0 aliphatic heterocycles. The fourth-order valence-corrected chi connectivity index (χ4v) is 8.34. The van der Waals surface area contributed by atoms with Crippen LogP contribution in [-0.4, -0.2) is 29.2 Å². The SMILES string of the molecule is COP(=O)(c1ccc(Cl)cc1C)N(c1cc(-c2ccc(-c3cc4ncccc4o3)cc2)sc1C(=O)O)C(C)C. The van der Waals surface area contributed by atoms with Gasteiger partial charge in [-0.15, -0.1) is 11.3 Å². The summed E-state index contributed by atoms with van der Waals surface area (Å²) in [4.78, 5) is 17.5. The Morgan fingerprint density at radius 1 is 1.10 bits per heavy atom. The van der Waals surface area contributed by atoms with Gasteiger partial charge in [0.1, 0.15) is 16.2 Å². The zero-order valence-corrected chi connectivity index (χ0v) is 24.2. The molecule has 2 aromatic carbocycles. The summed E-state index contributed by atoms with van der Waals surface area (Å²) >= 11 is 7.28. The normalized spacial score (nSPS) is 13.1. The maximum absolute atomic E-state index is 14.5. The van der Waals surface area contributed by atoms with Crippen LogP contribution in [0.3, 0.4) is 0 Å². The van der Waals surface area contributed by atoms with E-state index in [-0.39, 0.29) is 10.9 Å². The summed E-state index contributed by atoms with van der Waals surface area (Å²) in [5, 5.41) is 11.1. The van der Waals surface area contributed by atoms with Gasteiger partial charge < -0.3 is 14.0 Å².